The molecule has 0 aromatic heterocycles. The fraction of sp³-hybridized carbons (Fsp3) is 0.409. The first-order chi connectivity index (χ1) is 14.6. The molecular formula is C22H25Cl2N3O3. The molecule has 0 radical (unpaired) electrons. The molecule has 0 bridgehead atoms. The number of rotatable bonds is 5. The van der Waals surface area contributed by atoms with E-state index < -0.39 is 0 Å². The minimum Gasteiger partial charge on any atom is -0.489 e. The summed E-state index contributed by atoms with van der Waals surface area (Å²) in [6.45, 7) is 5.82. The van der Waals surface area contributed by atoms with Crippen LogP contribution >= 0.6 is 23.2 Å². The van der Waals surface area contributed by atoms with E-state index in [1.165, 1.54) is 0 Å². The molecule has 160 valence electrons. The summed E-state index contributed by atoms with van der Waals surface area (Å²) >= 11 is 12.5. The number of nitrogens with zero attached hydrogens (tertiary/aromatic N) is 2. The largest absolute Gasteiger partial charge is 0.489 e. The van der Waals surface area contributed by atoms with Crippen molar-refractivity contribution in [3.8, 4) is 11.5 Å². The number of carbonyl (C=O) groups excluding carboxylic acids is 1. The second-order valence-corrected chi connectivity index (χ2v) is 8.35. The third-order valence-electron chi connectivity index (χ3n) is 5.25. The van der Waals surface area contributed by atoms with Crippen LogP contribution in [-0.4, -0.2) is 61.6 Å². The lowest BCUT2D eigenvalue weighted by molar-refractivity contribution is -0.117. The average Bonchev–Trinajstić information content (AvgIpc) is 2.97. The molecule has 0 spiro atoms. The van der Waals surface area contributed by atoms with Crippen LogP contribution in [-0.2, 0) is 11.3 Å². The number of ether oxygens (including phenoxy) is 2. The van der Waals surface area contributed by atoms with Gasteiger partial charge in [0.05, 0.1) is 35.5 Å². The molecule has 1 fully saturated rings. The zero-order chi connectivity index (χ0) is 20.9. The number of hydrogen-bond donors (Lipinski definition) is 1. The number of amides is 1. The Bertz CT molecular complexity index is 901. The van der Waals surface area contributed by atoms with Gasteiger partial charge in [0.2, 0.25) is 5.91 Å². The van der Waals surface area contributed by atoms with Crippen LogP contribution in [0.15, 0.2) is 36.4 Å². The smallest absolute Gasteiger partial charge is 0.238 e. The van der Waals surface area contributed by atoms with Gasteiger partial charge in [-0.15, -0.1) is 0 Å². The lowest BCUT2D eigenvalue weighted by Crippen LogP contribution is -2.48. The maximum absolute atomic E-state index is 12.3. The van der Waals surface area contributed by atoms with Crippen molar-refractivity contribution < 1.29 is 14.3 Å². The van der Waals surface area contributed by atoms with Crippen molar-refractivity contribution in [2.24, 2.45) is 0 Å². The van der Waals surface area contributed by atoms with Crippen LogP contribution < -0.4 is 14.8 Å². The number of anilines is 1. The zero-order valence-electron chi connectivity index (χ0n) is 16.7. The normalized spacial score (nSPS) is 17.4. The average molecular weight is 450 g/mol. The summed E-state index contributed by atoms with van der Waals surface area (Å²) < 4.78 is 11.5. The van der Waals surface area contributed by atoms with E-state index in [0.717, 1.165) is 50.5 Å². The molecular weight excluding hydrogens is 425 g/mol. The lowest BCUT2D eigenvalue weighted by atomic mass is 10.1. The van der Waals surface area contributed by atoms with Crippen molar-refractivity contribution in [1.29, 1.82) is 0 Å². The van der Waals surface area contributed by atoms with Gasteiger partial charge in [-0.05, 0) is 29.8 Å². The molecule has 2 aliphatic heterocycles. The van der Waals surface area contributed by atoms with E-state index in [1.54, 1.807) is 12.1 Å². The Labute approximate surface area is 186 Å². The number of halogens is 2. The Morgan fingerprint density at radius 2 is 1.70 bits per heavy atom. The molecule has 0 atom stereocenters. The van der Waals surface area contributed by atoms with Gasteiger partial charge in [-0.3, -0.25) is 14.6 Å². The maximum Gasteiger partial charge on any atom is 0.238 e. The second kappa shape index (κ2) is 9.88. The topological polar surface area (TPSA) is 54.0 Å². The molecule has 0 aliphatic carbocycles. The van der Waals surface area contributed by atoms with E-state index in [2.05, 4.69) is 15.1 Å². The minimum atomic E-state index is -0.0498. The van der Waals surface area contributed by atoms with Crippen molar-refractivity contribution in [2.45, 2.75) is 13.0 Å². The van der Waals surface area contributed by atoms with Crippen LogP contribution in [0.25, 0.3) is 0 Å². The second-order valence-electron chi connectivity index (χ2n) is 7.54. The van der Waals surface area contributed by atoms with Gasteiger partial charge in [-0.1, -0.05) is 35.3 Å². The molecule has 2 aliphatic rings. The van der Waals surface area contributed by atoms with Crippen LogP contribution in [0.3, 0.4) is 0 Å². The van der Waals surface area contributed by atoms with Crippen LogP contribution in [0.4, 0.5) is 5.69 Å². The first kappa shape index (κ1) is 21.2. The van der Waals surface area contributed by atoms with E-state index in [0.29, 0.717) is 41.2 Å². The van der Waals surface area contributed by atoms with Gasteiger partial charge in [-0.2, -0.15) is 0 Å². The molecule has 1 amide bonds. The number of para-hydroxylation sites is 1. The highest BCUT2D eigenvalue weighted by Gasteiger charge is 2.21. The van der Waals surface area contributed by atoms with Crippen LogP contribution in [0, 0.1) is 0 Å². The molecule has 4 rings (SSSR count). The maximum atomic E-state index is 12.3. The highest BCUT2D eigenvalue weighted by molar-refractivity contribution is 6.33. The molecule has 8 heteroatoms. The van der Waals surface area contributed by atoms with E-state index in [9.17, 15) is 4.79 Å². The van der Waals surface area contributed by atoms with Gasteiger partial charge in [0, 0.05) is 39.1 Å². The summed E-state index contributed by atoms with van der Waals surface area (Å²) in [4.78, 5) is 16.9. The van der Waals surface area contributed by atoms with Gasteiger partial charge in [0.1, 0.15) is 0 Å². The first-order valence-corrected chi connectivity index (χ1v) is 10.9. The summed E-state index contributed by atoms with van der Waals surface area (Å²) in [5, 5.41) is 4.02. The third kappa shape index (κ3) is 5.38. The van der Waals surface area contributed by atoms with E-state index in [-0.39, 0.29) is 5.91 Å². The molecule has 6 nitrogen and oxygen atoms in total. The molecule has 0 saturated carbocycles. The van der Waals surface area contributed by atoms with Crippen molar-refractivity contribution in [2.75, 3.05) is 51.3 Å². The van der Waals surface area contributed by atoms with Gasteiger partial charge in [-0.25, -0.2) is 0 Å². The quantitative estimate of drug-likeness (QED) is 0.749. The molecule has 0 unspecified atom stereocenters. The Hall–Kier alpha value is -1.99. The van der Waals surface area contributed by atoms with Crippen LogP contribution in [0.5, 0.6) is 11.5 Å². The lowest BCUT2D eigenvalue weighted by Gasteiger charge is -2.34. The summed E-state index contributed by atoms with van der Waals surface area (Å²) in [5.41, 5.74) is 1.75. The number of nitrogens with one attached hydrogen (secondary N) is 1. The SMILES string of the molecule is O=C(CN1CCN(Cc2cc(Cl)c3c(c2)OCCCO3)CC1)Nc1ccccc1Cl. The predicted octanol–water partition coefficient (Wildman–Crippen LogP) is 3.91. The molecule has 30 heavy (non-hydrogen) atoms. The summed E-state index contributed by atoms with van der Waals surface area (Å²) in [6.07, 6.45) is 0.854. The van der Waals surface area contributed by atoms with E-state index >= 15 is 0 Å². The molecule has 2 aromatic rings. The Balaban J connectivity index is 1.28. The highest BCUT2D eigenvalue weighted by Crippen LogP contribution is 2.38. The predicted molar refractivity (Wildman–Crippen MR) is 119 cm³/mol. The Morgan fingerprint density at radius 1 is 0.967 bits per heavy atom. The van der Waals surface area contributed by atoms with Gasteiger partial charge in [0.15, 0.2) is 11.5 Å². The van der Waals surface area contributed by atoms with Crippen molar-refractivity contribution >= 4 is 34.8 Å². The minimum absolute atomic E-state index is 0.0498. The van der Waals surface area contributed by atoms with Gasteiger partial charge >= 0.3 is 0 Å². The Morgan fingerprint density at radius 3 is 2.50 bits per heavy atom. The number of fused-ring (bicyclic) bond motifs is 1. The number of hydrogen-bond acceptors (Lipinski definition) is 5. The highest BCUT2D eigenvalue weighted by atomic mass is 35.5. The third-order valence-corrected chi connectivity index (χ3v) is 5.86. The van der Waals surface area contributed by atoms with E-state index in [4.69, 9.17) is 32.7 Å². The monoisotopic (exact) mass is 449 g/mol. The van der Waals surface area contributed by atoms with Gasteiger partial charge < -0.3 is 14.8 Å². The van der Waals surface area contributed by atoms with Gasteiger partial charge in [0.25, 0.3) is 0 Å². The van der Waals surface area contributed by atoms with Crippen molar-refractivity contribution in [3.05, 3.63) is 52.0 Å². The molecule has 1 saturated heterocycles. The van der Waals surface area contributed by atoms with Crippen molar-refractivity contribution in [1.82, 2.24) is 9.80 Å². The number of benzene rings is 2. The van der Waals surface area contributed by atoms with E-state index in [1.807, 2.05) is 24.3 Å². The van der Waals surface area contributed by atoms with Crippen LogP contribution in [0.2, 0.25) is 10.0 Å². The van der Waals surface area contributed by atoms with Crippen molar-refractivity contribution in [3.63, 3.8) is 0 Å². The fourth-order valence-electron chi connectivity index (χ4n) is 3.69. The summed E-state index contributed by atoms with van der Waals surface area (Å²) in [5.74, 6) is 1.32. The van der Waals surface area contributed by atoms with Crippen LogP contribution in [0.1, 0.15) is 12.0 Å². The number of carbonyl (C=O) groups is 1. The molecule has 2 aromatic carbocycles. The first-order valence-electron chi connectivity index (χ1n) is 10.2. The molecule has 1 N–H and O–H groups in total. The molecule has 2 heterocycles. The summed E-state index contributed by atoms with van der Waals surface area (Å²) in [6, 6.07) is 11.2. The zero-order valence-corrected chi connectivity index (χ0v) is 18.2. The number of piperazine rings is 1. The standard InChI is InChI=1S/C22H25Cl2N3O3/c23-17-4-1-2-5-19(17)25-21(28)15-27-8-6-26(7-9-27)14-16-12-18(24)22-20(13-16)29-10-3-11-30-22/h1-2,4-5,12-13H,3,6-11,14-15H2,(H,25,28). The fourth-order valence-corrected chi connectivity index (χ4v) is 4.17. The summed E-state index contributed by atoms with van der Waals surface area (Å²) in [7, 11) is 0. The Kier molecular flexibility index (Phi) is 7.00.